The van der Waals surface area contributed by atoms with Crippen molar-refractivity contribution in [2.24, 2.45) is 0 Å². The van der Waals surface area contributed by atoms with Gasteiger partial charge in [-0.25, -0.2) is 0 Å². The molecular weight excluding hydrogens is 364 g/mol. The predicted octanol–water partition coefficient (Wildman–Crippen LogP) is 4.87. The summed E-state index contributed by atoms with van der Waals surface area (Å²) in [5.74, 6) is 0. The van der Waals surface area contributed by atoms with Gasteiger partial charge in [0.15, 0.2) is 5.11 Å². The largest absolute Gasteiger partial charge is 0.352 e. The third-order valence-corrected chi connectivity index (χ3v) is 5.87. The Labute approximate surface area is 172 Å². The molecule has 0 spiro atoms. The van der Waals surface area contributed by atoms with Gasteiger partial charge in [0, 0.05) is 30.3 Å². The Hall–Kier alpha value is -2.66. The smallest absolute Gasteiger partial charge is 0.170 e. The van der Waals surface area contributed by atoms with Crippen LogP contribution in [0.1, 0.15) is 47.9 Å². The minimum absolute atomic E-state index is 0.0282. The molecule has 0 aliphatic carbocycles. The summed E-state index contributed by atoms with van der Waals surface area (Å²) in [6.45, 7) is 7.41. The molecule has 0 radical (unpaired) electrons. The number of nitrogens with one attached hydrogen (secondary N) is 1. The maximum absolute atomic E-state index is 5.71. The van der Waals surface area contributed by atoms with Crippen LogP contribution in [0.4, 0.5) is 0 Å². The first-order chi connectivity index (χ1) is 13.6. The van der Waals surface area contributed by atoms with E-state index in [1.54, 1.807) is 0 Å². The minimum Gasteiger partial charge on any atom is -0.352 e. The van der Waals surface area contributed by atoms with Crippen LogP contribution in [0, 0.1) is 13.8 Å². The van der Waals surface area contributed by atoms with Gasteiger partial charge in [0.1, 0.15) is 0 Å². The first kappa shape index (κ1) is 18.7. The molecule has 2 aromatic heterocycles. The summed E-state index contributed by atoms with van der Waals surface area (Å²) in [5.41, 5.74) is 6.02. The minimum atomic E-state index is 0.0282. The molecule has 5 heteroatoms. The summed E-state index contributed by atoms with van der Waals surface area (Å²) in [7, 11) is 0. The number of hydrogen-bond acceptors (Lipinski definition) is 2. The van der Waals surface area contributed by atoms with Crippen molar-refractivity contribution >= 4 is 17.3 Å². The number of thiocarbonyl (C=S) groups is 1. The van der Waals surface area contributed by atoms with Crippen molar-refractivity contribution in [3.63, 3.8) is 0 Å². The van der Waals surface area contributed by atoms with Gasteiger partial charge in [-0.2, -0.15) is 0 Å². The Morgan fingerprint density at radius 1 is 1.07 bits per heavy atom. The fraction of sp³-hybridized carbons (Fsp3) is 0.304. The molecule has 0 unspecified atom stereocenters. The van der Waals surface area contributed by atoms with Crippen LogP contribution in [0.25, 0.3) is 5.69 Å². The lowest BCUT2D eigenvalue weighted by molar-refractivity contribution is 0.309. The highest BCUT2D eigenvalue weighted by Gasteiger charge is 2.40. The Kier molecular flexibility index (Phi) is 5.18. The number of benzene rings is 1. The lowest BCUT2D eigenvalue weighted by Crippen LogP contribution is -2.31. The second-order valence-electron chi connectivity index (χ2n) is 7.39. The molecule has 1 saturated heterocycles. The number of pyridine rings is 1. The highest BCUT2D eigenvalue weighted by Crippen LogP contribution is 2.39. The molecular formula is C23H26N4S. The highest BCUT2D eigenvalue weighted by molar-refractivity contribution is 7.80. The first-order valence-electron chi connectivity index (χ1n) is 9.83. The summed E-state index contributed by atoms with van der Waals surface area (Å²) in [6, 6.07) is 17.1. The molecule has 4 nitrogen and oxygen atoms in total. The number of aromatic nitrogens is 2. The van der Waals surface area contributed by atoms with Gasteiger partial charge in [-0.05, 0) is 80.0 Å². The van der Waals surface area contributed by atoms with Crippen molar-refractivity contribution in [3.8, 4) is 5.69 Å². The van der Waals surface area contributed by atoms with Crippen LogP contribution in [0.3, 0.4) is 0 Å². The Bertz CT molecular complexity index is 979. The van der Waals surface area contributed by atoms with Gasteiger partial charge in [-0.3, -0.25) is 4.98 Å². The van der Waals surface area contributed by atoms with Crippen LogP contribution in [0.2, 0.25) is 0 Å². The van der Waals surface area contributed by atoms with Gasteiger partial charge in [0.2, 0.25) is 0 Å². The molecule has 1 aromatic carbocycles. The summed E-state index contributed by atoms with van der Waals surface area (Å²) in [6.07, 6.45) is 5.03. The van der Waals surface area contributed by atoms with Crippen LogP contribution >= 0.6 is 12.2 Å². The standard InChI is InChI=1S/C23H26N4S/c1-4-13-27-22(21(25-23(27)28)19-8-5-6-12-24-19)20-9-7-14-26(20)18-11-10-16(2)17(3)15-18/h5-12,14-15,21-22H,4,13H2,1-3H3,(H,25,28)/t21-,22-/m1/s1. The molecule has 1 aliphatic rings. The Morgan fingerprint density at radius 3 is 2.64 bits per heavy atom. The maximum Gasteiger partial charge on any atom is 0.170 e. The molecule has 0 saturated carbocycles. The maximum atomic E-state index is 5.71. The van der Waals surface area contributed by atoms with Crippen molar-refractivity contribution in [1.29, 1.82) is 0 Å². The fourth-order valence-electron chi connectivity index (χ4n) is 3.95. The third-order valence-electron chi connectivity index (χ3n) is 5.51. The average Bonchev–Trinajstić information content (AvgIpc) is 3.30. The number of hydrogen-bond donors (Lipinski definition) is 1. The molecule has 28 heavy (non-hydrogen) atoms. The molecule has 144 valence electrons. The Morgan fingerprint density at radius 2 is 1.93 bits per heavy atom. The van der Waals surface area contributed by atoms with E-state index in [0.717, 1.165) is 23.8 Å². The van der Waals surface area contributed by atoms with E-state index in [4.69, 9.17) is 12.2 Å². The first-order valence-corrected chi connectivity index (χ1v) is 10.2. The molecule has 0 bridgehead atoms. The molecule has 3 aromatic rings. The summed E-state index contributed by atoms with van der Waals surface area (Å²) in [4.78, 5) is 6.93. The van der Waals surface area contributed by atoms with E-state index in [0.29, 0.717) is 0 Å². The van der Waals surface area contributed by atoms with Crippen LogP contribution in [0.5, 0.6) is 0 Å². The molecule has 1 N–H and O–H groups in total. The van der Waals surface area contributed by atoms with E-state index in [-0.39, 0.29) is 12.1 Å². The lowest BCUT2D eigenvalue weighted by atomic mass is 10.0. The normalized spacial score (nSPS) is 19.1. The van der Waals surface area contributed by atoms with E-state index in [1.165, 1.54) is 22.5 Å². The van der Waals surface area contributed by atoms with Crippen molar-refractivity contribution in [2.75, 3.05) is 6.54 Å². The summed E-state index contributed by atoms with van der Waals surface area (Å²) in [5, 5.41) is 4.33. The molecule has 4 rings (SSSR count). The van der Waals surface area contributed by atoms with Crippen LogP contribution in [-0.2, 0) is 0 Å². The second-order valence-corrected chi connectivity index (χ2v) is 7.78. The zero-order valence-electron chi connectivity index (χ0n) is 16.6. The van der Waals surface area contributed by atoms with E-state index < -0.39 is 0 Å². The molecule has 0 amide bonds. The topological polar surface area (TPSA) is 33.1 Å². The van der Waals surface area contributed by atoms with Gasteiger partial charge < -0.3 is 14.8 Å². The van der Waals surface area contributed by atoms with E-state index >= 15 is 0 Å². The Balaban J connectivity index is 1.81. The average molecular weight is 391 g/mol. The van der Waals surface area contributed by atoms with Gasteiger partial charge in [-0.15, -0.1) is 0 Å². The van der Waals surface area contributed by atoms with Crippen molar-refractivity contribution in [2.45, 2.75) is 39.3 Å². The van der Waals surface area contributed by atoms with Crippen LogP contribution in [-0.4, -0.2) is 26.1 Å². The predicted molar refractivity (Wildman–Crippen MR) is 118 cm³/mol. The lowest BCUT2D eigenvalue weighted by Gasteiger charge is -2.28. The number of nitrogens with zero attached hydrogens (tertiary/aromatic N) is 3. The van der Waals surface area contributed by atoms with Gasteiger partial charge in [0.05, 0.1) is 17.8 Å². The van der Waals surface area contributed by atoms with Crippen molar-refractivity contribution < 1.29 is 0 Å². The van der Waals surface area contributed by atoms with Crippen LogP contribution < -0.4 is 5.32 Å². The van der Waals surface area contributed by atoms with Gasteiger partial charge in [-0.1, -0.05) is 19.1 Å². The van der Waals surface area contributed by atoms with Gasteiger partial charge in [0.25, 0.3) is 0 Å². The van der Waals surface area contributed by atoms with Gasteiger partial charge >= 0.3 is 0 Å². The zero-order chi connectivity index (χ0) is 19.7. The summed E-state index contributed by atoms with van der Waals surface area (Å²) >= 11 is 5.71. The highest BCUT2D eigenvalue weighted by atomic mass is 32.1. The fourth-order valence-corrected chi connectivity index (χ4v) is 4.29. The van der Waals surface area contributed by atoms with Crippen molar-refractivity contribution in [3.05, 3.63) is 83.4 Å². The zero-order valence-corrected chi connectivity index (χ0v) is 17.4. The second kappa shape index (κ2) is 7.76. The third kappa shape index (κ3) is 3.31. The summed E-state index contributed by atoms with van der Waals surface area (Å²) < 4.78 is 2.28. The quantitative estimate of drug-likeness (QED) is 0.630. The van der Waals surface area contributed by atoms with E-state index in [2.05, 4.69) is 83.1 Å². The van der Waals surface area contributed by atoms with E-state index in [9.17, 15) is 0 Å². The SMILES string of the molecule is CCCN1C(=S)N[C@H](c2ccccn2)[C@H]1c1cccn1-c1ccc(C)c(C)c1. The molecule has 3 heterocycles. The van der Waals surface area contributed by atoms with E-state index in [1.807, 2.05) is 18.3 Å². The molecule has 1 fully saturated rings. The molecule has 1 aliphatic heterocycles. The van der Waals surface area contributed by atoms with Crippen molar-refractivity contribution in [1.82, 2.24) is 19.8 Å². The number of aryl methyl sites for hydroxylation is 2. The molecule has 2 atom stereocenters. The van der Waals surface area contributed by atoms with Crippen LogP contribution in [0.15, 0.2) is 60.9 Å². The monoisotopic (exact) mass is 390 g/mol. The number of rotatable bonds is 5.